The fourth-order valence-corrected chi connectivity index (χ4v) is 3.99. The van der Waals surface area contributed by atoms with E-state index < -0.39 is 0 Å². The Labute approximate surface area is 122 Å². The molecule has 4 nitrogen and oxygen atoms in total. The number of piperidine rings is 1. The van der Waals surface area contributed by atoms with Crippen LogP contribution in [-0.2, 0) is 0 Å². The Morgan fingerprint density at radius 1 is 1.39 bits per heavy atom. The molecule has 0 aromatic carbocycles. The molecule has 0 spiro atoms. The van der Waals surface area contributed by atoms with Gasteiger partial charge >= 0.3 is 0 Å². The van der Waals surface area contributed by atoms with Gasteiger partial charge in [0.05, 0.1) is 3.57 Å². The Morgan fingerprint density at radius 2 is 2.11 bits per heavy atom. The highest BCUT2D eigenvalue weighted by Gasteiger charge is 2.36. The maximum absolute atomic E-state index is 4.48. The third kappa shape index (κ3) is 2.34. The van der Waals surface area contributed by atoms with Crippen LogP contribution in [0.3, 0.4) is 0 Å². The van der Waals surface area contributed by atoms with Crippen molar-refractivity contribution in [1.29, 1.82) is 0 Å². The lowest BCUT2D eigenvalue weighted by Crippen LogP contribution is -2.48. The van der Waals surface area contributed by atoms with Gasteiger partial charge < -0.3 is 10.2 Å². The fraction of sp³-hybridized carbons (Fsp3) is 0.692. The summed E-state index contributed by atoms with van der Waals surface area (Å²) in [7, 11) is 0. The molecule has 0 saturated carbocycles. The number of anilines is 1. The van der Waals surface area contributed by atoms with Crippen LogP contribution >= 0.6 is 22.6 Å². The maximum atomic E-state index is 4.48. The number of rotatable bonds is 3. The number of hydrogen-bond donors (Lipinski definition) is 1. The first kappa shape index (κ1) is 12.6. The SMILES string of the molecule is CCN(c1ncncc1I)C1CC2CCC(C1)N2. The monoisotopic (exact) mass is 358 g/mol. The second kappa shape index (κ2) is 5.28. The molecule has 2 aliphatic rings. The van der Waals surface area contributed by atoms with Crippen LogP contribution in [0.5, 0.6) is 0 Å². The molecular formula is C13H19IN4. The summed E-state index contributed by atoms with van der Waals surface area (Å²) in [5.74, 6) is 1.11. The summed E-state index contributed by atoms with van der Waals surface area (Å²) in [6, 6.07) is 2.08. The zero-order valence-corrected chi connectivity index (χ0v) is 12.8. The molecule has 2 fully saturated rings. The lowest BCUT2D eigenvalue weighted by molar-refractivity contribution is 0.347. The van der Waals surface area contributed by atoms with Gasteiger partial charge in [0.15, 0.2) is 0 Å². The average Bonchev–Trinajstić information content (AvgIpc) is 2.72. The highest BCUT2D eigenvalue weighted by molar-refractivity contribution is 14.1. The first-order chi connectivity index (χ1) is 8.78. The third-order valence-electron chi connectivity index (χ3n) is 4.15. The number of halogens is 1. The van der Waals surface area contributed by atoms with Gasteiger partial charge in [-0.25, -0.2) is 9.97 Å². The second-order valence-electron chi connectivity index (χ2n) is 5.24. The van der Waals surface area contributed by atoms with E-state index >= 15 is 0 Å². The average molecular weight is 358 g/mol. The quantitative estimate of drug-likeness (QED) is 0.842. The minimum absolute atomic E-state index is 0.636. The number of nitrogens with one attached hydrogen (secondary N) is 1. The molecule has 3 rings (SSSR count). The van der Waals surface area contributed by atoms with Crippen molar-refractivity contribution in [3.63, 3.8) is 0 Å². The number of aromatic nitrogens is 2. The molecule has 2 unspecified atom stereocenters. The highest BCUT2D eigenvalue weighted by atomic mass is 127. The summed E-state index contributed by atoms with van der Waals surface area (Å²) < 4.78 is 1.16. The Kier molecular flexibility index (Phi) is 3.70. The number of fused-ring (bicyclic) bond motifs is 2. The molecule has 18 heavy (non-hydrogen) atoms. The lowest BCUT2D eigenvalue weighted by Gasteiger charge is -2.38. The summed E-state index contributed by atoms with van der Waals surface area (Å²) in [5, 5.41) is 3.70. The second-order valence-corrected chi connectivity index (χ2v) is 6.41. The van der Waals surface area contributed by atoms with Crippen LogP contribution in [0.4, 0.5) is 5.82 Å². The van der Waals surface area contributed by atoms with Crippen LogP contribution in [0, 0.1) is 3.57 Å². The van der Waals surface area contributed by atoms with E-state index in [2.05, 4.69) is 49.7 Å². The number of hydrogen-bond acceptors (Lipinski definition) is 4. The zero-order chi connectivity index (χ0) is 12.5. The van der Waals surface area contributed by atoms with Crippen molar-refractivity contribution in [2.24, 2.45) is 0 Å². The van der Waals surface area contributed by atoms with Gasteiger partial charge in [-0.2, -0.15) is 0 Å². The number of nitrogens with zero attached hydrogens (tertiary/aromatic N) is 3. The third-order valence-corrected chi connectivity index (χ3v) is 4.91. The molecule has 3 heterocycles. The van der Waals surface area contributed by atoms with Crippen molar-refractivity contribution in [3.05, 3.63) is 16.1 Å². The molecule has 0 aliphatic carbocycles. The van der Waals surface area contributed by atoms with Crippen LogP contribution in [0.2, 0.25) is 0 Å². The molecule has 2 saturated heterocycles. The van der Waals surface area contributed by atoms with E-state index in [1.54, 1.807) is 6.33 Å². The molecule has 98 valence electrons. The molecule has 1 aromatic heterocycles. The predicted octanol–water partition coefficient (Wildman–Crippen LogP) is 2.19. The minimum Gasteiger partial charge on any atom is -0.353 e. The van der Waals surface area contributed by atoms with E-state index in [1.807, 2.05) is 6.20 Å². The van der Waals surface area contributed by atoms with Gasteiger partial charge in [0.1, 0.15) is 12.1 Å². The van der Waals surface area contributed by atoms with E-state index in [1.165, 1.54) is 25.7 Å². The van der Waals surface area contributed by atoms with E-state index in [4.69, 9.17) is 0 Å². The molecular weight excluding hydrogens is 339 g/mol. The molecule has 1 N–H and O–H groups in total. The standard InChI is InChI=1S/C13H19IN4/c1-2-18(13-12(14)7-15-8-16-13)11-5-9-3-4-10(6-11)17-9/h7-11,17H,2-6H2,1H3. The van der Waals surface area contributed by atoms with Gasteiger partial charge in [0.25, 0.3) is 0 Å². The lowest BCUT2D eigenvalue weighted by atomic mass is 9.98. The van der Waals surface area contributed by atoms with Crippen LogP contribution in [0.25, 0.3) is 0 Å². The smallest absolute Gasteiger partial charge is 0.145 e. The molecule has 0 radical (unpaired) electrons. The van der Waals surface area contributed by atoms with Gasteiger partial charge in [-0.15, -0.1) is 0 Å². The van der Waals surface area contributed by atoms with E-state index in [0.29, 0.717) is 6.04 Å². The Bertz CT molecular complexity index is 413. The zero-order valence-electron chi connectivity index (χ0n) is 10.6. The first-order valence-corrected chi connectivity index (χ1v) is 7.84. The van der Waals surface area contributed by atoms with Crippen molar-refractivity contribution in [3.8, 4) is 0 Å². The summed E-state index contributed by atoms with van der Waals surface area (Å²) in [5.41, 5.74) is 0. The normalized spacial score (nSPS) is 30.4. The first-order valence-electron chi connectivity index (χ1n) is 6.76. The van der Waals surface area contributed by atoms with E-state index in [-0.39, 0.29) is 0 Å². The highest BCUT2D eigenvalue weighted by Crippen LogP contribution is 2.32. The summed E-state index contributed by atoms with van der Waals surface area (Å²) >= 11 is 2.34. The fourth-order valence-electron chi connectivity index (χ4n) is 3.38. The van der Waals surface area contributed by atoms with Gasteiger partial charge in [0.2, 0.25) is 0 Å². The summed E-state index contributed by atoms with van der Waals surface area (Å²) in [4.78, 5) is 11.0. The van der Waals surface area contributed by atoms with Gasteiger partial charge in [-0.1, -0.05) is 0 Å². The molecule has 2 aliphatic heterocycles. The van der Waals surface area contributed by atoms with Crippen LogP contribution in [0.1, 0.15) is 32.6 Å². The van der Waals surface area contributed by atoms with Crippen molar-refractivity contribution >= 4 is 28.4 Å². The summed E-state index contributed by atoms with van der Waals surface area (Å²) in [6.45, 7) is 3.25. The topological polar surface area (TPSA) is 41.1 Å². The largest absolute Gasteiger partial charge is 0.353 e. The van der Waals surface area contributed by atoms with Gasteiger partial charge in [-0.3, -0.25) is 0 Å². The maximum Gasteiger partial charge on any atom is 0.145 e. The van der Waals surface area contributed by atoms with Crippen LogP contribution in [-0.4, -0.2) is 34.6 Å². The van der Waals surface area contributed by atoms with Crippen molar-refractivity contribution < 1.29 is 0 Å². The molecule has 1 aromatic rings. The minimum atomic E-state index is 0.636. The van der Waals surface area contributed by atoms with Crippen LogP contribution in [0.15, 0.2) is 12.5 Å². The molecule has 2 bridgehead atoms. The van der Waals surface area contributed by atoms with Crippen molar-refractivity contribution in [2.75, 3.05) is 11.4 Å². The molecule has 0 amide bonds. The predicted molar refractivity (Wildman–Crippen MR) is 80.7 cm³/mol. The van der Waals surface area contributed by atoms with Crippen LogP contribution < -0.4 is 10.2 Å². The van der Waals surface area contributed by atoms with Crippen molar-refractivity contribution in [1.82, 2.24) is 15.3 Å². The Balaban J connectivity index is 1.82. The summed E-state index contributed by atoms with van der Waals surface area (Å²) in [6.07, 6.45) is 8.77. The van der Waals surface area contributed by atoms with E-state index in [9.17, 15) is 0 Å². The van der Waals surface area contributed by atoms with Gasteiger partial charge in [0, 0.05) is 30.9 Å². The molecule has 2 atom stereocenters. The Hall–Kier alpha value is -0.430. The van der Waals surface area contributed by atoms with E-state index in [0.717, 1.165) is 28.0 Å². The molecule has 5 heteroatoms. The Morgan fingerprint density at radius 3 is 2.72 bits per heavy atom. The van der Waals surface area contributed by atoms with Gasteiger partial charge in [-0.05, 0) is 55.2 Å². The van der Waals surface area contributed by atoms with Crippen molar-refractivity contribution in [2.45, 2.75) is 50.7 Å².